The summed E-state index contributed by atoms with van der Waals surface area (Å²) in [7, 11) is 1.36. The van der Waals surface area contributed by atoms with Crippen molar-refractivity contribution in [3.8, 4) is 5.69 Å². The molecule has 0 aliphatic heterocycles. The summed E-state index contributed by atoms with van der Waals surface area (Å²) in [6.45, 7) is 1.99. The van der Waals surface area contributed by atoms with E-state index in [4.69, 9.17) is 0 Å². The maximum atomic E-state index is 11.1. The van der Waals surface area contributed by atoms with Crippen LogP contribution in [-0.4, -0.2) is 22.6 Å². The Morgan fingerprint density at radius 1 is 1.14 bits per heavy atom. The van der Waals surface area contributed by atoms with Crippen LogP contribution in [0.5, 0.6) is 0 Å². The Kier molecular flexibility index (Phi) is 3.74. The van der Waals surface area contributed by atoms with E-state index >= 15 is 0 Å². The summed E-state index contributed by atoms with van der Waals surface area (Å²) in [6, 6.07) is 16.0. The van der Waals surface area contributed by atoms with Gasteiger partial charge in [0.1, 0.15) is 5.82 Å². The van der Waals surface area contributed by atoms with Gasteiger partial charge in [0, 0.05) is 11.8 Å². The van der Waals surface area contributed by atoms with Crippen LogP contribution in [0.15, 0.2) is 54.6 Å². The van der Waals surface area contributed by atoms with Crippen molar-refractivity contribution in [3.05, 3.63) is 66.0 Å². The van der Waals surface area contributed by atoms with Gasteiger partial charge < -0.3 is 4.74 Å². The molecule has 3 aromatic rings. The van der Waals surface area contributed by atoms with Crippen LogP contribution in [0.2, 0.25) is 0 Å². The summed E-state index contributed by atoms with van der Waals surface area (Å²) in [4.78, 5) is 15.7. The van der Waals surface area contributed by atoms with Gasteiger partial charge in [-0.3, -0.25) is 4.57 Å². The Labute approximate surface area is 128 Å². The normalized spacial score (nSPS) is 11.2. The minimum atomic E-state index is -0.361. The van der Waals surface area contributed by atoms with Crippen LogP contribution >= 0.6 is 0 Å². The van der Waals surface area contributed by atoms with Crippen molar-refractivity contribution >= 4 is 23.1 Å². The number of aromatic nitrogens is 2. The number of imidazole rings is 1. The molecule has 1 aromatic heterocycles. The van der Waals surface area contributed by atoms with Gasteiger partial charge in [0.25, 0.3) is 0 Å². The lowest BCUT2D eigenvalue weighted by atomic mass is 10.2. The average molecular weight is 292 g/mol. The number of rotatable bonds is 3. The quantitative estimate of drug-likeness (QED) is 0.548. The third-order valence-electron chi connectivity index (χ3n) is 3.49. The van der Waals surface area contributed by atoms with E-state index < -0.39 is 0 Å². The number of nitrogens with zero attached hydrogens (tertiary/aromatic N) is 2. The topological polar surface area (TPSA) is 44.1 Å². The first-order chi connectivity index (χ1) is 10.7. The van der Waals surface area contributed by atoms with Gasteiger partial charge in [-0.05, 0) is 42.8 Å². The lowest BCUT2D eigenvalue weighted by Crippen LogP contribution is -1.96. The fraction of sp³-hybridized carbons (Fsp3) is 0.111. The first-order valence-corrected chi connectivity index (χ1v) is 6.99. The smallest absolute Gasteiger partial charge is 0.330 e. The average Bonchev–Trinajstić information content (AvgIpc) is 2.89. The fourth-order valence-electron chi connectivity index (χ4n) is 2.44. The number of hydrogen-bond donors (Lipinski definition) is 0. The van der Waals surface area contributed by atoms with E-state index in [0.29, 0.717) is 0 Å². The highest BCUT2D eigenvalue weighted by Gasteiger charge is 2.08. The molecule has 0 saturated heterocycles. The highest BCUT2D eigenvalue weighted by Crippen LogP contribution is 2.21. The standard InChI is InChI=1S/C18H16N2O2/c1-13-19-16-5-3-4-6-17(16)20(13)15-10-7-14(8-11-15)9-12-18(21)22-2/h3-12H,1-2H3. The van der Waals surface area contributed by atoms with Gasteiger partial charge >= 0.3 is 5.97 Å². The summed E-state index contributed by atoms with van der Waals surface area (Å²) in [5, 5.41) is 0. The predicted octanol–water partition coefficient (Wildman–Crippen LogP) is 3.52. The van der Waals surface area contributed by atoms with Crippen LogP contribution in [0.4, 0.5) is 0 Å². The Balaban J connectivity index is 1.97. The van der Waals surface area contributed by atoms with Crippen molar-refractivity contribution in [2.45, 2.75) is 6.92 Å². The number of aryl methyl sites for hydroxylation is 1. The van der Waals surface area contributed by atoms with Crippen LogP contribution < -0.4 is 0 Å². The molecular formula is C18H16N2O2. The van der Waals surface area contributed by atoms with Crippen molar-refractivity contribution in [1.29, 1.82) is 0 Å². The van der Waals surface area contributed by atoms with Crippen LogP contribution in [0.1, 0.15) is 11.4 Å². The van der Waals surface area contributed by atoms with Gasteiger partial charge in [-0.15, -0.1) is 0 Å². The monoisotopic (exact) mass is 292 g/mol. The summed E-state index contributed by atoms with van der Waals surface area (Å²) >= 11 is 0. The predicted molar refractivity (Wildman–Crippen MR) is 86.9 cm³/mol. The van der Waals surface area contributed by atoms with Gasteiger partial charge in [0.2, 0.25) is 0 Å². The Morgan fingerprint density at radius 3 is 2.59 bits per heavy atom. The fourth-order valence-corrected chi connectivity index (χ4v) is 2.44. The molecule has 2 aromatic carbocycles. The maximum absolute atomic E-state index is 11.1. The number of fused-ring (bicyclic) bond motifs is 1. The molecule has 0 N–H and O–H groups in total. The lowest BCUT2D eigenvalue weighted by molar-refractivity contribution is -0.134. The number of carbonyl (C=O) groups is 1. The first-order valence-electron chi connectivity index (χ1n) is 6.99. The number of hydrogen-bond acceptors (Lipinski definition) is 3. The molecule has 0 unspecified atom stereocenters. The Bertz CT molecular complexity index is 845. The SMILES string of the molecule is COC(=O)C=Cc1ccc(-n2c(C)nc3ccccc32)cc1. The van der Waals surface area contributed by atoms with Gasteiger partial charge in [-0.25, -0.2) is 9.78 Å². The van der Waals surface area contributed by atoms with Gasteiger partial charge in [-0.2, -0.15) is 0 Å². The van der Waals surface area contributed by atoms with E-state index in [-0.39, 0.29) is 5.97 Å². The van der Waals surface area contributed by atoms with Gasteiger partial charge in [0.05, 0.1) is 18.1 Å². The largest absolute Gasteiger partial charge is 0.466 e. The summed E-state index contributed by atoms with van der Waals surface area (Å²) in [5.41, 5.74) is 4.05. The van der Waals surface area contributed by atoms with Crippen molar-refractivity contribution in [2.75, 3.05) is 7.11 Å². The first kappa shape index (κ1) is 14.1. The van der Waals surface area contributed by atoms with E-state index in [1.54, 1.807) is 6.08 Å². The third-order valence-corrected chi connectivity index (χ3v) is 3.49. The zero-order valence-corrected chi connectivity index (χ0v) is 12.5. The zero-order valence-electron chi connectivity index (χ0n) is 12.5. The molecule has 0 saturated carbocycles. The molecule has 0 bridgehead atoms. The number of ether oxygens (including phenoxy) is 1. The lowest BCUT2D eigenvalue weighted by Gasteiger charge is -2.07. The number of benzene rings is 2. The van der Waals surface area contributed by atoms with Crippen molar-refractivity contribution in [3.63, 3.8) is 0 Å². The third kappa shape index (κ3) is 2.63. The van der Waals surface area contributed by atoms with Crippen LogP contribution in [0.3, 0.4) is 0 Å². The van der Waals surface area contributed by atoms with E-state index in [9.17, 15) is 4.79 Å². The molecule has 1 heterocycles. The zero-order chi connectivity index (χ0) is 15.5. The number of para-hydroxylation sites is 2. The molecule has 110 valence electrons. The second-order valence-corrected chi connectivity index (χ2v) is 4.93. The molecule has 3 rings (SSSR count). The maximum Gasteiger partial charge on any atom is 0.330 e. The Morgan fingerprint density at radius 2 is 1.86 bits per heavy atom. The van der Waals surface area contributed by atoms with E-state index in [0.717, 1.165) is 28.1 Å². The molecule has 0 radical (unpaired) electrons. The molecule has 4 nitrogen and oxygen atoms in total. The molecule has 4 heteroatoms. The summed E-state index contributed by atoms with van der Waals surface area (Å²) < 4.78 is 6.69. The van der Waals surface area contributed by atoms with E-state index in [1.807, 2.05) is 49.4 Å². The van der Waals surface area contributed by atoms with Crippen LogP contribution in [0, 0.1) is 6.92 Å². The Hall–Kier alpha value is -2.88. The molecule has 0 spiro atoms. The molecular weight excluding hydrogens is 276 g/mol. The second-order valence-electron chi connectivity index (χ2n) is 4.93. The molecule has 0 amide bonds. The molecule has 22 heavy (non-hydrogen) atoms. The van der Waals surface area contributed by atoms with Crippen molar-refractivity contribution in [1.82, 2.24) is 9.55 Å². The number of esters is 1. The highest BCUT2D eigenvalue weighted by molar-refractivity contribution is 5.87. The van der Waals surface area contributed by atoms with Crippen LogP contribution in [0.25, 0.3) is 22.8 Å². The molecule has 0 atom stereocenters. The summed E-state index contributed by atoms with van der Waals surface area (Å²) in [5.74, 6) is 0.583. The van der Waals surface area contributed by atoms with Crippen molar-refractivity contribution in [2.24, 2.45) is 0 Å². The highest BCUT2D eigenvalue weighted by atomic mass is 16.5. The second kappa shape index (κ2) is 5.85. The minimum absolute atomic E-state index is 0.361. The van der Waals surface area contributed by atoms with Crippen molar-refractivity contribution < 1.29 is 9.53 Å². The van der Waals surface area contributed by atoms with E-state index in [1.165, 1.54) is 13.2 Å². The number of carbonyl (C=O) groups excluding carboxylic acids is 1. The van der Waals surface area contributed by atoms with Gasteiger partial charge in [0.15, 0.2) is 0 Å². The molecule has 0 aliphatic carbocycles. The van der Waals surface area contributed by atoms with E-state index in [2.05, 4.69) is 20.4 Å². The molecule has 0 aliphatic rings. The van der Waals surface area contributed by atoms with Crippen LogP contribution in [-0.2, 0) is 9.53 Å². The summed E-state index contributed by atoms with van der Waals surface area (Å²) in [6.07, 6.45) is 3.14. The van der Waals surface area contributed by atoms with Gasteiger partial charge in [-0.1, -0.05) is 24.3 Å². The number of methoxy groups -OCH3 is 1. The molecule has 0 fully saturated rings. The minimum Gasteiger partial charge on any atom is -0.466 e.